The zero-order valence-corrected chi connectivity index (χ0v) is 25.3. The Balaban J connectivity index is 0.00000480. The summed E-state index contributed by atoms with van der Waals surface area (Å²) in [6, 6.07) is 30.8. The number of esters is 4. The van der Waals surface area contributed by atoms with Crippen molar-refractivity contribution in [1.29, 1.82) is 0 Å². The Bertz CT molecular complexity index is 1590. The van der Waals surface area contributed by atoms with Gasteiger partial charge in [-0.3, -0.25) is 5.32 Å². The number of aliphatic hydroxyl groups excluding tert-OH is 1. The minimum Gasteiger partial charge on any atom is -0.460 e. The Morgan fingerprint density at radius 2 is 0.826 bits per heavy atom. The summed E-state index contributed by atoms with van der Waals surface area (Å²) in [5, 5.41) is 13.5. The Morgan fingerprint density at radius 1 is 0.500 bits per heavy atom. The molecular formula is C35H32ClNO9. The molecule has 5 atom stereocenters. The molecule has 0 radical (unpaired) electrons. The summed E-state index contributed by atoms with van der Waals surface area (Å²) in [6.07, 6.45) is -4.06. The van der Waals surface area contributed by atoms with Crippen LogP contribution < -0.4 is 5.32 Å². The van der Waals surface area contributed by atoms with E-state index in [0.717, 1.165) is 0 Å². The van der Waals surface area contributed by atoms with E-state index in [9.17, 15) is 24.3 Å². The molecule has 0 aliphatic carbocycles. The molecule has 1 fully saturated rings. The van der Waals surface area contributed by atoms with E-state index < -0.39 is 60.9 Å². The first-order chi connectivity index (χ1) is 21.9. The van der Waals surface area contributed by atoms with Crippen LogP contribution in [0.3, 0.4) is 0 Å². The Labute approximate surface area is 271 Å². The van der Waals surface area contributed by atoms with E-state index in [1.54, 1.807) is 121 Å². The first-order valence-electron chi connectivity index (χ1n) is 14.3. The van der Waals surface area contributed by atoms with Gasteiger partial charge in [-0.05, 0) is 48.5 Å². The van der Waals surface area contributed by atoms with Crippen molar-refractivity contribution in [2.24, 2.45) is 0 Å². The lowest BCUT2D eigenvalue weighted by Crippen LogP contribution is -2.69. The van der Waals surface area contributed by atoms with Crippen molar-refractivity contribution in [2.75, 3.05) is 13.2 Å². The van der Waals surface area contributed by atoms with E-state index in [-0.39, 0.29) is 35.7 Å². The predicted octanol–water partition coefficient (Wildman–Crippen LogP) is 4.27. The molecule has 0 unspecified atom stereocenters. The number of ether oxygens (including phenoxy) is 4. The van der Waals surface area contributed by atoms with Crippen LogP contribution in [0, 0.1) is 0 Å². The number of aliphatic hydroxyl groups is 1. The molecule has 1 aliphatic rings. The van der Waals surface area contributed by atoms with E-state index in [1.807, 2.05) is 0 Å². The molecule has 238 valence electrons. The van der Waals surface area contributed by atoms with Gasteiger partial charge in [-0.25, -0.2) is 19.2 Å². The number of carbonyl (C=O) groups excluding carboxylic acids is 4. The van der Waals surface area contributed by atoms with Crippen LogP contribution in [-0.4, -0.2) is 72.6 Å². The third kappa shape index (κ3) is 8.36. The van der Waals surface area contributed by atoms with Crippen LogP contribution in [0.15, 0.2) is 121 Å². The highest BCUT2D eigenvalue weighted by Gasteiger charge is 2.51. The lowest BCUT2D eigenvalue weighted by Gasteiger charge is -2.45. The molecule has 1 saturated heterocycles. The molecule has 11 heteroatoms. The molecule has 1 heterocycles. The summed E-state index contributed by atoms with van der Waals surface area (Å²) < 4.78 is 23.3. The minimum absolute atomic E-state index is 0. The summed E-state index contributed by atoms with van der Waals surface area (Å²) in [4.78, 5) is 52.8. The fourth-order valence-corrected chi connectivity index (χ4v) is 4.96. The van der Waals surface area contributed by atoms with E-state index in [4.69, 9.17) is 18.9 Å². The number of hydrogen-bond donors (Lipinski definition) is 2. The normalized spacial score (nSPS) is 20.3. The van der Waals surface area contributed by atoms with Crippen LogP contribution in [0.2, 0.25) is 0 Å². The van der Waals surface area contributed by atoms with Gasteiger partial charge in [0.05, 0.1) is 40.9 Å². The van der Waals surface area contributed by atoms with Crippen molar-refractivity contribution in [2.45, 2.75) is 30.4 Å². The zero-order valence-electron chi connectivity index (χ0n) is 24.5. The van der Waals surface area contributed by atoms with Crippen molar-refractivity contribution < 1.29 is 43.2 Å². The molecular weight excluding hydrogens is 614 g/mol. The standard InChI is InChI=1S/C35H31NO9.ClH/c37-21-27-29(43-33(39)24-15-7-2-8-16-24)31(45-35(41)26-19-11-4-12-20-26)30(44-34(40)25-17-9-3-10-18-25)28(36-27)22-42-32(38)23-13-5-1-6-14-23;/h1-20,27-31,36-37H,21-22H2;1H/t27-,28-,29+,30-,31-;/m1./s1. The predicted molar refractivity (Wildman–Crippen MR) is 169 cm³/mol. The number of benzene rings is 4. The van der Waals surface area contributed by atoms with Gasteiger partial charge < -0.3 is 24.1 Å². The topological polar surface area (TPSA) is 137 Å². The summed E-state index contributed by atoms with van der Waals surface area (Å²) >= 11 is 0. The third-order valence-electron chi connectivity index (χ3n) is 7.23. The maximum Gasteiger partial charge on any atom is 0.338 e. The second-order valence-electron chi connectivity index (χ2n) is 10.2. The average molecular weight is 646 g/mol. The maximum atomic E-state index is 13.4. The zero-order chi connectivity index (χ0) is 31.6. The Kier molecular flexibility index (Phi) is 12.0. The fraction of sp³-hybridized carbons (Fsp3) is 0.200. The maximum absolute atomic E-state index is 13.4. The number of nitrogens with one attached hydrogen (secondary N) is 1. The first-order valence-corrected chi connectivity index (χ1v) is 14.3. The molecule has 46 heavy (non-hydrogen) atoms. The van der Waals surface area contributed by atoms with Crippen LogP contribution in [0.5, 0.6) is 0 Å². The SMILES string of the molecule is Cl.O=C(OC[C@H]1N[C@H](CO)[C@H](OC(=O)c2ccccc2)[C@@H](OC(=O)c2ccccc2)[C@@H]1OC(=O)c1ccccc1)c1ccccc1. The second-order valence-corrected chi connectivity index (χ2v) is 10.2. The molecule has 0 amide bonds. The van der Waals surface area contributed by atoms with Crippen molar-refractivity contribution in [1.82, 2.24) is 5.32 Å². The number of piperidine rings is 1. The van der Waals surface area contributed by atoms with Crippen molar-refractivity contribution in [3.63, 3.8) is 0 Å². The molecule has 0 saturated carbocycles. The first kappa shape index (κ1) is 33.9. The number of rotatable bonds is 10. The van der Waals surface area contributed by atoms with Gasteiger partial charge in [-0.2, -0.15) is 0 Å². The smallest absolute Gasteiger partial charge is 0.338 e. The quantitative estimate of drug-likeness (QED) is 0.190. The second kappa shape index (κ2) is 16.3. The average Bonchev–Trinajstić information content (AvgIpc) is 3.10. The summed E-state index contributed by atoms with van der Waals surface area (Å²) in [7, 11) is 0. The largest absolute Gasteiger partial charge is 0.460 e. The molecule has 4 aromatic carbocycles. The van der Waals surface area contributed by atoms with Gasteiger partial charge >= 0.3 is 23.9 Å². The highest BCUT2D eigenvalue weighted by Crippen LogP contribution is 2.28. The molecule has 0 spiro atoms. The van der Waals surface area contributed by atoms with Gasteiger partial charge in [0.1, 0.15) is 6.61 Å². The highest BCUT2D eigenvalue weighted by atomic mass is 35.5. The summed E-state index contributed by atoms with van der Waals surface area (Å²) in [5.41, 5.74) is 0.934. The molecule has 4 aromatic rings. The van der Waals surface area contributed by atoms with E-state index in [0.29, 0.717) is 5.56 Å². The van der Waals surface area contributed by atoms with E-state index >= 15 is 0 Å². The van der Waals surface area contributed by atoms with Gasteiger partial charge in [-0.1, -0.05) is 72.8 Å². The number of carbonyl (C=O) groups is 4. The van der Waals surface area contributed by atoms with Gasteiger partial charge in [0.15, 0.2) is 18.3 Å². The number of halogens is 1. The van der Waals surface area contributed by atoms with Gasteiger partial charge in [0, 0.05) is 0 Å². The Morgan fingerprint density at radius 3 is 1.20 bits per heavy atom. The Hall–Kier alpha value is -5.03. The highest BCUT2D eigenvalue weighted by molar-refractivity contribution is 5.91. The molecule has 0 aromatic heterocycles. The molecule has 10 nitrogen and oxygen atoms in total. The van der Waals surface area contributed by atoms with Crippen molar-refractivity contribution in [3.05, 3.63) is 144 Å². The summed E-state index contributed by atoms with van der Waals surface area (Å²) in [5.74, 6) is -2.91. The lowest BCUT2D eigenvalue weighted by molar-refractivity contribution is -0.137. The molecule has 5 rings (SSSR count). The van der Waals surface area contributed by atoms with Crippen LogP contribution in [0.25, 0.3) is 0 Å². The fourth-order valence-electron chi connectivity index (χ4n) is 4.96. The molecule has 0 bridgehead atoms. The van der Waals surface area contributed by atoms with Gasteiger partial charge in [-0.15, -0.1) is 12.4 Å². The molecule has 2 N–H and O–H groups in total. The monoisotopic (exact) mass is 645 g/mol. The van der Waals surface area contributed by atoms with Crippen LogP contribution in [0.1, 0.15) is 41.4 Å². The van der Waals surface area contributed by atoms with E-state index in [1.165, 1.54) is 0 Å². The minimum atomic E-state index is -1.42. The molecule has 1 aliphatic heterocycles. The van der Waals surface area contributed by atoms with Crippen LogP contribution in [-0.2, 0) is 18.9 Å². The van der Waals surface area contributed by atoms with Crippen LogP contribution >= 0.6 is 12.4 Å². The third-order valence-corrected chi connectivity index (χ3v) is 7.23. The van der Waals surface area contributed by atoms with Crippen molar-refractivity contribution >= 4 is 36.3 Å². The van der Waals surface area contributed by atoms with Gasteiger partial charge in [0.2, 0.25) is 0 Å². The van der Waals surface area contributed by atoms with Gasteiger partial charge in [0.25, 0.3) is 0 Å². The van der Waals surface area contributed by atoms with Crippen LogP contribution in [0.4, 0.5) is 0 Å². The number of hydrogen-bond acceptors (Lipinski definition) is 10. The summed E-state index contributed by atoms with van der Waals surface area (Å²) in [6.45, 7) is -0.899. The van der Waals surface area contributed by atoms with Crippen molar-refractivity contribution in [3.8, 4) is 0 Å². The lowest BCUT2D eigenvalue weighted by atomic mass is 9.89. The van der Waals surface area contributed by atoms with E-state index in [2.05, 4.69) is 5.32 Å².